The highest BCUT2D eigenvalue weighted by atomic mass is 16.4. The molecule has 2 aliphatic rings. The van der Waals surface area contributed by atoms with Crippen LogP contribution in [0.4, 0.5) is 0 Å². The number of nitrogens with zero attached hydrogens (tertiary/aromatic N) is 2. The molecule has 3 heteroatoms. The van der Waals surface area contributed by atoms with E-state index >= 15 is 0 Å². The fourth-order valence-corrected chi connectivity index (χ4v) is 4.89. The summed E-state index contributed by atoms with van der Waals surface area (Å²) >= 11 is 0. The lowest BCUT2D eigenvalue weighted by Crippen LogP contribution is -2.51. The number of fused-ring (bicyclic) bond motifs is 2. The first-order valence-corrected chi connectivity index (χ1v) is 8.85. The van der Waals surface area contributed by atoms with Gasteiger partial charge in [-0.1, -0.05) is 72.2 Å². The van der Waals surface area contributed by atoms with Crippen LogP contribution in [0, 0.1) is 11.8 Å². The quantitative estimate of drug-likeness (QED) is 0.645. The van der Waals surface area contributed by atoms with Crippen LogP contribution in [0.1, 0.15) is 42.5 Å². The first kappa shape index (κ1) is 15.4. The summed E-state index contributed by atoms with van der Waals surface area (Å²) in [5.41, 5.74) is 3.63. The van der Waals surface area contributed by atoms with Crippen molar-refractivity contribution in [2.45, 2.75) is 31.3 Å². The molecule has 1 saturated heterocycles. The van der Waals surface area contributed by atoms with E-state index in [0.29, 0.717) is 11.8 Å². The van der Waals surface area contributed by atoms with Crippen molar-refractivity contribution in [2.75, 3.05) is 7.05 Å². The van der Waals surface area contributed by atoms with Gasteiger partial charge in [0.15, 0.2) is 0 Å². The van der Waals surface area contributed by atoms with Crippen molar-refractivity contribution >= 4 is 5.71 Å². The van der Waals surface area contributed by atoms with Crippen molar-refractivity contribution < 1.29 is 5.21 Å². The maximum atomic E-state index is 9.78. The Morgan fingerprint density at radius 3 is 1.71 bits per heavy atom. The Kier molecular flexibility index (Phi) is 4.11. The number of hydrogen-bond donors (Lipinski definition) is 1. The van der Waals surface area contributed by atoms with Gasteiger partial charge in [0, 0.05) is 23.9 Å². The molecule has 2 aromatic carbocycles. The predicted octanol–water partition coefficient (Wildman–Crippen LogP) is 4.66. The molecule has 0 spiro atoms. The molecule has 2 fully saturated rings. The molecular formula is C21H24N2O. The van der Waals surface area contributed by atoms with Crippen LogP contribution in [-0.4, -0.2) is 22.9 Å². The van der Waals surface area contributed by atoms with Crippen LogP contribution in [0.3, 0.4) is 0 Å². The molecular weight excluding hydrogens is 296 g/mol. The molecule has 0 amide bonds. The zero-order valence-electron chi connectivity index (χ0n) is 14.0. The van der Waals surface area contributed by atoms with Crippen LogP contribution in [-0.2, 0) is 0 Å². The molecule has 4 rings (SSSR count). The van der Waals surface area contributed by atoms with Gasteiger partial charge in [0.1, 0.15) is 0 Å². The van der Waals surface area contributed by atoms with E-state index in [1.54, 1.807) is 0 Å². The lowest BCUT2D eigenvalue weighted by molar-refractivity contribution is 0.0632. The minimum atomic E-state index is 0.263. The Morgan fingerprint density at radius 1 is 0.833 bits per heavy atom. The van der Waals surface area contributed by atoms with Gasteiger partial charge in [-0.3, -0.25) is 4.90 Å². The maximum absolute atomic E-state index is 9.78. The van der Waals surface area contributed by atoms with E-state index in [0.717, 1.165) is 18.6 Å². The minimum Gasteiger partial charge on any atom is -0.411 e. The standard InChI is InChI=1S/C21H24N2O/c1-23-20(15-9-4-2-5-10-15)17-13-8-14-18(19(17)22-24)21(23)16-11-6-3-7-12-16/h2-7,9-12,17-18,20-21,24H,8,13-14H2,1H3/t17-,18+,20?,21?. The molecule has 124 valence electrons. The summed E-state index contributed by atoms with van der Waals surface area (Å²) in [6.45, 7) is 0. The van der Waals surface area contributed by atoms with Crippen LogP contribution in [0.5, 0.6) is 0 Å². The lowest BCUT2D eigenvalue weighted by Gasteiger charge is -2.52. The summed E-state index contributed by atoms with van der Waals surface area (Å²) in [7, 11) is 2.23. The summed E-state index contributed by atoms with van der Waals surface area (Å²) in [6.07, 6.45) is 3.40. The number of benzene rings is 2. The molecule has 4 atom stereocenters. The number of likely N-dealkylation sites (tertiary alicyclic amines) is 1. The van der Waals surface area contributed by atoms with E-state index in [1.807, 2.05) is 0 Å². The normalized spacial score (nSPS) is 32.0. The second-order valence-corrected chi connectivity index (χ2v) is 7.05. The highest BCUT2D eigenvalue weighted by Crippen LogP contribution is 2.51. The van der Waals surface area contributed by atoms with Crippen LogP contribution in [0.15, 0.2) is 65.8 Å². The van der Waals surface area contributed by atoms with Gasteiger partial charge >= 0.3 is 0 Å². The average Bonchev–Trinajstić information content (AvgIpc) is 2.63. The summed E-state index contributed by atoms with van der Waals surface area (Å²) < 4.78 is 0. The smallest absolute Gasteiger partial charge is 0.0670 e. The molecule has 3 nitrogen and oxygen atoms in total. The van der Waals surface area contributed by atoms with Crippen molar-refractivity contribution in [1.82, 2.24) is 4.90 Å². The highest BCUT2D eigenvalue weighted by molar-refractivity contribution is 5.91. The van der Waals surface area contributed by atoms with Crippen molar-refractivity contribution in [1.29, 1.82) is 0 Å². The minimum absolute atomic E-state index is 0.263. The zero-order chi connectivity index (χ0) is 16.5. The summed E-state index contributed by atoms with van der Waals surface area (Å²) in [5, 5.41) is 13.6. The average molecular weight is 320 g/mol. The first-order valence-electron chi connectivity index (χ1n) is 8.85. The Morgan fingerprint density at radius 2 is 1.29 bits per heavy atom. The van der Waals surface area contributed by atoms with Crippen molar-refractivity contribution in [3.05, 3.63) is 71.8 Å². The number of rotatable bonds is 2. The fourth-order valence-electron chi connectivity index (χ4n) is 4.89. The third-order valence-corrected chi connectivity index (χ3v) is 5.83. The molecule has 0 aromatic heterocycles. The van der Waals surface area contributed by atoms with E-state index in [9.17, 15) is 5.21 Å². The monoisotopic (exact) mass is 320 g/mol. The lowest BCUT2D eigenvalue weighted by atomic mass is 9.66. The highest BCUT2D eigenvalue weighted by Gasteiger charge is 2.48. The van der Waals surface area contributed by atoms with E-state index in [4.69, 9.17) is 0 Å². The van der Waals surface area contributed by atoms with Crippen LogP contribution >= 0.6 is 0 Å². The Labute approximate surface area is 143 Å². The van der Waals surface area contributed by atoms with E-state index in [-0.39, 0.29) is 12.1 Å². The molecule has 1 N–H and O–H groups in total. The van der Waals surface area contributed by atoms with E-state index in [2.05, 4.69) is 77.8 Å². The number of hydrogen-bond acceptors (Lipinski definition) is 3. The third-order valence-electron chi connectivity index (χ3n) is 5.83. The molecule has 2 bridgehead atoms. The molecule has 1 heterocycles. The third kappa shape index (κ3) is 2.44. The second kappa shape index (κ2) is 6.40. The fraction of sp³-hybridized carbons (Fsp3) is 0.381. The topological polar surface area (TPSA) is 35.8 Å². The van der Waals surface area contributed by atoms with Gasteiger partial charge in [-0.15, -0.1) is 0 Å². The van der Waals surface area contributed by atoms with Gasteiger partial charge in [-0.2, -0.15) is 0 Å². The second-order valence-electron chi connectivity index (χ2n) is 7.05. The van der Waals surface area contributed by atoms with Crippen LogP contribution < -0.4 is 0 Å². The molecule has 1 saturated carbocycles. The van der Waals surface area contributed by atoms with Crippen molar-refractivity contribution in [2.24, 2.45) is 17.0 Å². The van der Waals surface area contributed by atoms with Gasteiger partial charge < -0.3 is 5.21 Å². The molecule has 2 aromatic rings. The Bertz CT molecular complexity index is 656. The largest absolute Gasteiger partial charge is 0.411 e. The van der Waals surface area contributed by atoms with E-state index < -0.39 is 0 Å². The molecule has 0 radical (unpaired) electrons. The Balaban J connectivity index is 1.83. The zero-order valence-corrected chi connectivity index (χ0v) is 14.0. The van der Waals surface area contributed by atoms with Gasteiger partial charge in [-0.25, -0.2) is 0 Å². The van der Waals surface area contributed by atoms with Gasteiger partial charge in [0.2, 0.25) is 0 Å². The maximum Gasteiger partial charge on any atom is 0.0670 e. The first-order chi connectivity index (χ1) is 11.8. The number of piperidine rings is 1. The summed E-state index contributed by atoms with van der Waals surface area (Å²) in [4.78, 5) is 2.51. The van der Waals surface area contributed by atoms with Crippen molar-refractivity contribution in [3.63, 3.8) is 0 Å². The predicted molar refractivity (Wildman–Crippen MR) is 96.2 cm³/mol. The van der Waals surface area contributed by atoms with Crippen LogP contribution in [0.25, 0.3) is 0 Å². The van der Waals surface area contributed by atoms with Gasteiger partial charge in [0.25, 0.3) is 0 Å². The summed E-state index contributed by atoms with van der Waals surface area (Å²) in [6, 6.07) is 21.9. The molecule has 24 heavy (non-hydrogen) atoms. The molecule has 1 aliphatic heterocycles. The summed E-state index contributed by atoms with van der Waals surface area (Å²) in [5.74, 6) is 0.613. The van der Waals surface area contributed by atoms with E-state index in [1.165, 1.54) is 17.5 Å². The van der Waals surface area contributed by atoms with Gasteiger partial charge in [0.05, 0.1) is 5.71 Å². The number of oxime groups is 1. The van der Waals surface area contributed by atoms with Crippen LogP contribution in [0.2, 0.25) is 0 Å². The molecule has 2 unspecified atom stereocenters. The SMILES string of the molecule is CN1C(c2ccccc2)[C@@H]2CCC[C@@H](C2=NO)C1c1ccccc1. The van der Waals surface area contributed by atoms with Crippen molar-refractivity contribution in [3.8, 4) is 0 Å². The Hall–Kier alpha value is -2.13. The molecule has 1 aliphatic carbocycles. The van der Waals surface area contributed by atoms with Gasteiger partial charge in [-0.05, 0) is 31.0 Å².